The molecule has 3 N–H and O–H groups in total. The number of carboxylic acid groups (broad SMARTS) is 1. The summed E-state index contributed by atoms with van der Waals surface area (Å²) in [7, 11) is 0. The maximum Gasteiger partial charge on any atom is 0.434 e. The molecule has 0 radical (unpaired) electrons. The molecule has 0 atom stereocenters. The van der Waals surface area contributed by atoms with Crippen LogP contribution in [0.2, 0.25) is 0 Å². The van der Waals surface area contributed by atoms with Crippen molar-refractivity contribution in [2.24, 2.45) is 5.73 Å². The molecule has 1 aromatic heterocycles. The van der Waals surface area contributed by atoms with E-state index in [9.17, 15) is 18.0 Å². The molecule has 23 heavy (non-hydrogen) atoms. The van der Waals surface area contributed by atoms with Crippen LogP contribution in [-0.4, -0.2) is 20.3 Å². The van der Waals surface area contributed by atoms with Crippen LogP contribution in [0.3, 0.4) is 0 Å². The van der Waals surface area contributed by atoms with Crippen LogP contribution < -0.4 is 5.73 Å². The standard InChI is InChI=1S/C14H12F3N3O2S/c1-8(18)6-9-4-2-3-5-11(9)23-20-12(14(15,16)17)10(7-19-20)13(21)22/h2-7H,18H2,1H3,(H,21,22)/b8-6-. The SMILES string of the molecule is C/C(N)=C/c1ccccc1Sn1ncc(C(=O)O)c1C(F)(F)F. The molecule has 0 bridgehead atoms. The van der Waals surface area contributed by atoms with E-state index in [0.29, 0.717) is 38.4 Å². The van der Waals surface area contributed by atoms with Gasteiger partial charge in [-0.1, -0.05) is 18.2 Å². The molecule has 0 amide bonds. The molecule has 122 valence electrons. The van der Waals surface area contributed by atoms with Crippen molar-refractivity contribution in [2.75, 3.05) is 0 Å². The topological polar surface area (TPSA) is 81.1 Å². The summed E-state index contributed by atoms with van der Waals surface area (Å²) in [5.74, 6) is -1.69. The maximum atomic E-state index is 13.1. The van der Waals surface area contributed by atoms with Crippen molar-refractivity contribution < 1.29 is 23.1 Å². The van der Waals surface area contributed by atoms with E-state index in [1.807, 2.05) is 0 Å². The van der Waals surface area contributed by atoms with E-state index in [1.54, 1.807) is 37.3 Å². The number of rotatable bonds is 4. The Morgan fingerprint density at radius 3 is 2.61 bits per heavy atom. The van der Waals surface area contributed by atoms with E-state index in [0.717, 1.165) is 0 Å². The number of nitrogens with two attached hydrogens (primary N) is 1. The molecule has 5 nitrogen and oxygen atoms in total. The second kappa shape index (κ2) is 6.37. The van der Waals surface area contributed by atoms with Crippen LogP contribution in [0.4, 0.5) is 13.2 Å². The van der Waals surface area contributed by atoms with Gasteiger partial charge in [-0.15, -0.1) is 0 Å². The van der Waals surface area contributed by atoms with E-state index in [4.69, 9.17) is 10.8 Å². The summed E-state index contributed by atoms with van der Waals surface area (Å²) in [6, 6.07) is 6.66. The zero-order valence-electron chi connectivity index (χ0n) is 11.8. The van der Waals surface area contributed by atoms with Crippen molar-refractivity contribution in [3.8, 4) is 0 Å². The number of halogens is 3. The molecule has 0 aliphatic heterocycles. The number of nitrogens with zero attached hydrogens (tertiary/aromatic N) is 2. The molecule has 9 heteroatoms. The Labute approximate surface area is 133 Å². The number of hydrogen-bond donors (Lipinski definition) is 2. The second-order valence-corrected chi connectivity index (χ2v) is 5.57. The molecule has 0 fully saturated rings. The lowest BCUT2D eigenvalue weighted by molar-refractivity contribution is -0.142. The predicted octanol–water partition coefficient (Wildman–Crippen LogP) is 3.48. The zero-order chi connectivity index (χ0) is 17.2. The van der Waals surface area contributed by atoms with Gasteiger partial charge < -0.3 is 10.8 Å². The van der Waals surface area contributed by atoms with Crippen LogP contribution in [0.25, 0.3) is 6.08 Å². The first-order chi connectivity index (χ1) is 10.7. The zero-order valence-corrected chi connectivity index (χ0v) is 12.6. The highest BCUT2D eigenvalue weighted by atomic mass is 32.2. The number of allylic oxidation sites excluding steroid dienone is 1. The van der Waals surface area contributed by atoms with Gasteiger partial charge in [0.25, 0.3) is 0 Å². The third-order valence-electron chi connectivity index (χ3n) is 2.72. The summed E-state index contributed by atoms with van der Waals surface area (Å²) in [5, 5.41) is 12.4. The quantitative estimate of drug-likeness (QED) is 0.888. The van der Waals surface area contributed by atoms with Gasteiger partial charge in [0.1, 0.15) is 5.56 Å². The third-order valence-corrected chi connectivity index (χ3v) is 3.74. The van der Waals surface area contributed by atoms with Crippen LogP contribution in [-0.2, 0) is 6.18 Å². The highest BCUT2D eigenvalue weighted by Crippen LogP contribution is 2.36. The minimum absolute atomic E-state index is 0.461. The molecule has 0 aliphatic rings. The Hall–Kier alpha value is -2.42. The molecular weight excluding hydrogens is 331 g/mol. The number of carboxylic acids is 1. The van der Waals surface area contributed by atoms with Gasteiger partial charge in [-0.25, -0.2) is 4.79 Å². The smallest absolute Gasteiger partial charge is 0.434 e. The average Bonchev–Trinajstić information content (AvgIpc) is 2.84. The molecule has 1 aromatic carbocycles. The van der Waals surface area contributed by atoms with E-state index in [-0.39, 0.29) is 0 Å². The molecular formula is C14H12F3N3O2S. The number of benzene rings is 1. The molecule has 0 saturated heterocycles. The Kier molecular flexibility index (Phi) is 4.69. The summed E-state index contributed by atoms with van der Waals surface area (Å²) < 4.78 is 40.0. The lowest BCUT2D eigenvalue weighted by atomic mass is 10.2. The van der Waals surface area contributed by atoms with E-state index in [1.165, 1.54) is 0 Å². The fourth-order valence-electron chi connectivity index (χ4n) is 1.84. The third kappa shape index (κ3) is 3.86. The monoisotopic (exact) mass is 343 g/mol. The lowest BCUT2D eigenvalue weighted by Gasteiger charge is -2.12. The maximum absolute atomic E-state index is 13.1. The molecule has 0 saturated carbocycles. The van der Waals surface area contributed by atoms with Gasteiger partial charge in [0.2, 0.25) is 0 Å². The largest absolute Gasteiger partial charge is 0.478 e. The van der Waals surface area contributed by atoms with Gasteiger partial charge in [0, 0.05) is 22.5 Å². The molecule has 1 heterocycles. The van der Waals surface area contributed by atoms with Crippen LogP contribution in [0, 0.1) is 0 Å². The van der Waals surface area contributed by atoms with Crippen LogP contribution >= 0.6 is 11.9 Å². The highest BCUT2D eigenvalue weighted by molar-refractivity contribution is 7.97. The highest BCUT2D eigenvalue weighted by Gasteiger charge is 2.40. The number of carbonyl (C=O) groups is 1. The van der Waals surface area contributed by atoms with Crippen LogP contribution in [0.15, 0.2) is 41.1 Å². The minimum atomic E-state index is -4.84. The number of hydrogen-bond acceptors (Lipinski definition) is 4. The minimum Gasteiger partial charge on any atom is -0.478 e. The summed E-state index contributed by atoms with van der Waals surface area (Å²) in [6.07, 6.45) is -2.55. The van der Waals surface area contributed by atoms with Crippen LogP contribution in [0.1, 0.15) is 28.5 Å². The van der Waals surface area contributed by atoms with E-state index in [2.05, 4.69) is 5.10 Å². The van der Waals surface area contributed by atoms with Crippen molar-refractivity contribution in [3.05, 3.63) is 53.0 Å². The first kappa shape index (κ1) is 16.9. The van der Waals surface area contributed by atoms with E-state index >= 15 is 0 Å². The Morgan fingerprint density at radius 1 is 1.39 bits per heavy atom. The number of alkyl halides is 3. The normalized spacial score (nSPS) is 12.4. The number of aromatic carboxylic acids is 1. The van der Waals surface area contributed by atoms with Gasteiger partial charge in [0.15, 0.2) is 5.69 Å². The van der Waals surface area contributed by atoms with Crippen molar-refractivity contribution >= 4 is 24.0 Å². The van der Waals surface area contributed by atoms with Gasteiger partial charge >= 0.3 is 12.1 Å². The van der Waals surface area contributed by atoms with Crippen molar-refractivity contribution in [3.63, 3.8) is 0 Å². The molecule has 0 aliphatic carbocycles. The Balaban J connectivity index is 2.50. The van der Waals surface area contributed by atoms with Gasteiger partial charge in [-0.2, -0.15) is 22.4 Å². The van der Waals surface area contributed by atoms with Gasteiger partial charge in [-0.3, -0.25) is 0 Å². The molecule has 2 aromatic rings. The Morgan fingerprint density at radius 2 is 2.04 bits per heavy atom. The summed E-state index contributed by atoms with van der Waals surface area (Å²) in [6.45, 7) is 1.65. The first-order valence-corrected chi connectivity index (χ1v) is 7.07. The fraction of sp³-hybridized carbons (Fsp3) is 0.143. The Bertz CT molecular complexity index is 765. The van der Waals surface area contributed by atoms with Gasteiger partial charge in [0.05, 0.1) is 6.20 Å². The second-order valence-electron chi connectivity index (χ2n) is 4.60. The summed E-state index contributed by atoms with van der Waals surface area (Å²) >= 11 is 0.670. The molecule has 2 rings (SSSR count). The average molecular weight is 343 g/mol. The first-order valence-electron chi connectivity index (χ1n) is 6.30. The predicted molar refractivity (Wildman–Crippen MR) is 79.7 cm³/mol. The van der Waals surface area contributed by atoms with Crippen molar-refractivity contribution in [1.29, 1.82) is 0 Å². The van der Waals surface area contributed by atoms with E-state index < -0.39 is 23.4 Å². The molecule has 0 unspecified atom stereocenters. The molecule has 0 spiro atoms. The fourth-order valence-corrected chi connectivity index (χ4v) is 2.79. The lowest BCUT2D eigenvalue weighted by Crippen LogP contribution is -2.15. The van der Waals surface area contributed by atoms with Crippen molar-refractivity contribution in [2.45, 2.75) is 18.0 Å². The summed E-state index contributed by atoms with van der Waals surface area (Å²) in [5.41, 5.74) is 4.48. The summed E-state index contributed by atoms with van der Waals surface area (Å²) in [4.78, 5) is 11.4. The number of aromatic nitrogens is 2. The van der Waals surface area contributed by atoms with Crippen LogP contribution in [0.5, 0.6) is 0 Å². The van der Waals surface area contributed by atoms with Gasteiger partial charge in [-0.05, 0) is 24.6 Å². The van der Waals surface area contributed by atoms with Crippen molar-refractivity contribution in [1.82, 2.24) is 9.19 Å².